The summed E-state index contributed by atoms with van der Waals surface area (Å²) in [6.45, 7) is 3.11. The van der Waals surface area contributed by atoms with Crippen LogP contribution in [0.2, 0.25) is 0 Å². The molecule has 2 heterocycles. The van der Waals surface area contributed by atoms with E-state index in [2.05, 4.69) is 24.3 Å². The smallest absolute Gasteiger partial charge is 0.175 e. The summed E-state index contributed by atoms with van der Waals surface area (Å²) >= 11 is 1.74. The van der Waals surface area contributed by atoms with E-state index in [1.54, 1.807) is 11.8 Å². The summed E-state index contributed by atoms with van der Waals surface area (Å²) in [7, 11) is 2.18. The molecule has 1 fully saturated rings. The lowest BCUT2D eigenvalue weighted by atomic mass is 9.99. The summed E-state index contributed by atoms with van der Waals surface area (Å²) in [5.41, 5.74) is 7.19. The van der Waals surface area contributed by atoms with Crippen molar-refractivity contribution in [3.63, 3.8) is 0 Å². The van der Waals surface area contributed by atoms with Gasteiger partial charge in [-0.2, -0.15) is 0 Å². The Bertz CT molecular complexity index is 495. The molecule has 2 N–H and O–H groups in total. The molecule has 20 heavy (non-hydrogen) atoms. The van der Waals surface area contributed by atoms with Crippen molar-refractivity contribution in [3.8, 4) is 11.5 Å². The average molecular weight is 294 g/mol. The molecule has 4 nitrogen and oxygen atoms in total. The van der Waals surface area contributed by atoms with Gasteiger partial charge >= 0.3 is 0 Å². The molecule has 2 atom stereocenters. The van der Waals surface area contributed by atoms with Crippen LogP contribution in [0.1, 0.15) is 18.0 Å². The van der Waals surface area contributed by atoms with Gasteiger partial charge in [0.05, 0.1) is 4.90 Å². The van der Waals surface area contributed by atoms with Crippen LogP contribution in [0.5, 0.6) is 11.5 Å². The standard InChI is InChI=1S/C15H22N2O2S/c1-17-9-10(8-16)7-12(17)11-3-4-13-14(15(11)20-2)19-6-5-18-13/h3-4,10,12H,5-9,16H2,1-2H3. The van der Waals surface area contributed by atoms with Gasteiger partial charge in [0.25, 0.3) is 0 Å². The van der Waals surface area contributed by atoms with Gasteiger partial charge in [0.15, 0.2) is 11.5 Å². The van der Waals surface area contributed by atoms with Crippen molar-refractivity contribution in [2.45, 2.75) is 17.4 Å². The summed E-state index contributed by atoms with van der Waals surface area (Å²) in [5.74, 6) is 2.39. The zero-order valence-corrected chi connectivity index (χ0v) is 12.9. The van der Waals surface area contributed by atoms with Crippen LogP contribution in [0.25, 0.3) is 0 Å². The molecule has 0 spiro atoms. The number of fused-ring (bicyclic) bond motifs is 1. The van der Waals surface area contributed by atoms with E-state index in [-0.39, 0.29) is 0 Å². The fraction of sp³-hybridized carbons (Fsp3) is 0.600. The third-order valence-corrected chi connectivity index (χ3v) is 5.05. The van der Waals surface area contributed by atoms with E-state index in [9.17, 15) is 0 Å². The van der Waals surface area contributed by atoms with Gasteiger partial charge < -0.3 is 15.2 Å². The summed E-state index contributed by atoms with van der Waals surface area (Å²) in [6, 6.07) is 4.67. The van der Waals surface area contributed by atoms with Crippen LogP contribution < -0.4 is 15.2 Å². The molecule has 5 heteroatoms. The minimum atomic E-state index is 0.432. The number of nitrogens with two attached hydrogens (primary N) is 1. The fourth-order valence-electron chi connectivity index (χ4n) is 3.22. The van der Waals surface area contributed by atoms with Gasteiger partial charge in [-0.15, -0.1) is 11.8 Å². The molecular weight excluding hydrogens is 272 g/mol. The number of hydrogen-bond donors (Lipinski definition) is 1. The summed E-state index contributed by atoms with van der Waals surface area (Å²) in [5, 5.41) is 0. The van der Waals surface area contributed by atoms with Crippen molar-refractivity contribution in [2.24, 2.45) is 11.7 Å². The van der Waals surface area contributed by atoms with Gasteiger partial charge in [0.2, 0.25) is 0 Å². The number of benzene rings is 1. The number of hydrogen-bond acceptors (Lipinski definition) is 5. The van der Waals surface area contributed by atoms with E-state index in [0.29, 0.717) is 25.2 Å². The molecule has 110 valence electrons. The first-order chi connectivity index (χ1) is 9.74. The van der Waals surface area contributed by atoms with Crippen molar-refractivity contribution >= 4 is 11.8 Å². The highest BCUT2D eigenvalue weighted by Crippen LogP contribution is 2.46. The minimum Gasteiger partial charge on any atom is -0.486 e. The monoisotopic (exact) mass is 294 g/mol. The van der Waals surface area contributed by atoms with Crippen molar-refractivity contribution in [1.29, 1.82) is 0 Å². The molecule has 0 aromatic heterocycles. The highest BCUT2D eigenvalue weighted by molar-refractivity contribution is 7.98. The van der Waals surface area contributed by atoms with Gasteiger partial charge in [-0.1, -0.05) is 6.07 Å². The number of likely N-dealkylation sites (tertiary alicyclic amines) is 1. The van der Waals surface area contributed by atoms with Crippen molar-refractivity contribution < 1.29 is 9.47 Å². The van der Waals surface area contributed by atoms with E-state index in [0.717, 1.165) is 31.0 Å². The molecule has 1 aromatic rings. The van der Waals surface area contributed by atoms with Crippen molar-refractivity contribution in [1.82, 2.24) is 4.90 Å². The SMILES string of the molecule is CSc1c(C2CC(CN)CN2C)ccc2c1OCCO2. The Kier molecular flexibility index (Phi) is 4.10. The highest BCUT2D eigenvalue weighted by Gasteiger charge is 2.33. The van der Waals surface area contributed by atoms with Crippen LogP contribution in [0, 0.1) is 5.92 Å². The predicted molar refractivity (Wildman–Crippen MR) is 81.7 cm³/mol. The third-order valence-electron chi connectivity index (χ3n) is 4.23. The van der Waals surface area contributed by atoms with Gasteiger partial charge in [-0.05, 0) is 43.8 Å². The van der Waals surface area contributed by atoms with Crippen LogP contribution >= 0.6 is 11.8 Å². The molecule has 1 saturated heterocycles. The Morgan fingerprint density at radius 2 is 2.15 bits per heavy atom. The maximum absolute atomic E-state index is 5.85. The van der Waals surface area contributed by atoms with Crippen LogP contribution in [0.3, 0.4) is 0 Å². The molecule has 1 aromatic carbocycles. The van der Waals surface area contributed by atoms with E-state index in [1.807, 2.05) is 6.07 Å². The van der Waals surface area contributed by atoms with E-state index in [4.69, 9.17) is 15.2 Å². The van der Waals surface area contributed by atoms with Crippen molar-refractivity contribution in [2.75, 3.05) is 39.6 Å². The van der Waals surface area contributed by atoms with Crippen LogP contribution in [-0.2, 0) is 0 Å². The second kappa shape index (κ2) is 5.84. The first kappa shape index (κ1) is 14.0. The number of ether oxygens (including phenoxy) is 2. The lowest BCUT2D eigenvalue weighted by Gasteiger charge is -2.26. The molecule has 3 rings (SSSR count). The van der Waals surface area contributed by atoms with E-state index >= 15 is 0 Å². The summed E-state index contributed by atoms with van der Waals surface area (Å²) in [4.78, 5) is 3.62. The molecule has 2 aliphatic rings. The molecule has 0 saturated carbocycles. The van der Waals surface area contributed by atoms with E-state index < -0.39 is 0 Å². The summed E-state index contributed by atoms with van der Waals surface area (Å²) < 4.78 is 11.5. The third kappa shape index (κ3) is 2.38. The van der Waals surface area contributed by atoms with Crippen LogP contribution in [0.15, 0.2) is 17.0 Å². The number of thioether (sulfide) groups is 1. The zero-order valence-electron chi connectivity index (χ0n) is 12.1. The van der Waals surface area contributed by atoms with Gasteiger partial charge in [-0.3, -0.25) is 4.90 Å². The molecule has 0 radical (unpaired) electrons. The Hall–Kier alpha value is -0.910. The Morgan fingerprint density at radius 3 is 2.85 bits per heavy atom. The van der Waals surface area contributed by atoms with Gasteiger partial charge in [0.1, 0.15) is 13.2 Å². The molecule has 2 aliphatic heterocycles. The van der Waals surface area contributed by atoms with Gasteiger partial charge in [-0.25, -0.2) is 0 Å². The lowest BCUT2D eigenvalue weighted by Crippen LogP contribution is -2.21. The zero-order chi connectivity index (χ0) is 14.1. The maximum Gasteiger partial charge on any atom is 0.175 e. The first-order valence-electron chi connectivity index (χ1n) is 7.11. The van der Waals surface area contributed by atoms with Crippen LogP contribution in [0.4, 0.5) is 0 Å². The molecule has 0 aliphatic carbocycles. The van der Waals surface area contributed by atoms with E-state index in [1.165, 1.54) is 10.5 Å². The Morgan fingerprint density at radius 1 is 1.35 bits per heavy atom. The normalized spacial score (nSPS) is 25.9. The Labute approximate surface area is 124 Å². The number of nitrogens with zero attached hydrogens (tertiary/aromatic N) is 1. The second-order valence-corrected chi connectivity index (χ2v) is 6.32. The summed E-state index contributed by atoms with van der Waals surface area (Å²) in [6.07, 6.45) is 3.23. The van der Waals surface area contributed by atoms with Crippen molar-refractivity contribution in [3.05, 3.63) is 17.7 Å². The molecule has 2 unspecified atom stereocenters. The van der Waals surface area contributed by atoms with Gasteiger partial charge in [0, 0.05) is 12.6 Å². The fourth-order valence-corrected chi connectivity index (χ4v) is 4.00. The lowest BCUT2D eigenvalue weighted by molar-refractivity contribution is 0.166. The minimum absolute atomic E-state index is 0.432. The maximum atomic E-state index is 5.85. The molecule has 0 amide bonds. The quantitative estimate of drug-likeness (QED) is 0.865. The number of rotatable bonds is 3. The highest BCUT2D eigenvalue weighted by atomic mass is 32.2. The molecule has 0 bridgehead atoms. The second-order valence-electron chi connectivity index (χ2n) is 5.51. The largest absolute Gasteiger partial charge is 0.486 e. The Balaban J connectivity index is 1.97. The molecular formula is C15H22N2O2S. The first-order valence-corrected chi connectivity index (χ1v) is 8.33. The predicted octanol–water partition coefficient (Wildman–Crippen LogP) is 2.13. The van der Waals surface area contributed by atoms with Crippen LogP contribution in [-0.4, -0.2) is 44.5 Å². The topological polar surface area (TPSA) is 47.7 Å². The average Bonchev–Trinajstić information content (AvgIpc) is 2.87.